The molecule has 0 aliphatic heterocycles. The van der Waals surface area contributed by atoms with Gasteiger partial charge in [0.25, 0.3) is 0 Å². The highest BCUT2D eigenvalue weighted by atomic mass is 15.3. The van der Waals surface area contributed by atoms with Crippen LogP contribution in [-0.4, -0.2) is 29.3 Å². The molecule has 0 N–H and O–H groups in total. The number of benzene rings is 2. The van der Waals surface area contributed by atoms with Crippen molar-refractivity contribution in [3.8, 4) is 5.69 Å². The fourth-order valence-electron chi connectivity index (χ4n) is 3.83. The van der Waals surface area contributed by atoms with Gasteiger partial charge in [-0.05, 0) is 50.3 Å². The van der Waals surface area contributed by atoms with Gasteiger partial charge in [-0.2, -0.15) is 5.10 Å². The SMILES string of the molecule is C=CCn1c(/C=C/c2c(C)nn(-c3ccccc3)c2C)nc2nc3ccccc3nc21. The predicted octanol–water partition coefficient (Wildman–Crippen LogP) is 5.14. The summed E-state index contributed by atoms with van der Waals surface area (Å²) < 4.78 is 4.00. The molecule has 0 aliphatic rings. The number of fused-ring (bicyclic) bond motifs is 2. The zero-order valence-electron chi connectivity index (χ0n) is 17.5. The summed E-state index contributed by atoms with van der Waals surface area (Å²) in [4.78, 5) is 14.2. The molecule has 0 aliphatic carbocycles. The Morgan fingerprint density at radius 1 is 0.871 bits per heavy atom. The highest BCUT2D eigenvalue weighted by Gasteiger charge is 2.14. The molecule has 5 aromatic rings. The maximum atomic E-state index is 4.79. The van der Waals surface area contributed by atoms with Gasteiger partial charge in [0.2, 0.25) is 0 Å². The molecule has 5 rings (SSSR count). The second-order valence-electron chi connectivity index (χ2n) is 7.39. The molecule has 0 saturated carbocycles. The van der Waals surface area contributed by atoms with E-state index in [9.17, 15) is 0 Å². The summed E-state index contributed by atoms with van der Waals surface area (Å²) in [6, 6.07) is 18.0. The summed E-state index contributed by atoms with van der Waals surface area (Å²) in [6.07, 6.45) is 5.92. The Labute approximate surface area is 180 Å². The first-order chi connectivity index (χ1) is 15.2. The molecule has 0 radical (unpaired) electrons. The lowest BCUT2D eigenvalue weighted by Crippen LogP contribution is -2.00. The molecule has 6 nitrogen and oxygen atoms in total. The quantitative estimate of drug-likeness (QED) is 0.379. The number of aryl methyl sites for hydroxylation is 1. The van der Waals surface area contributed by atoms with Gasteiger partial charge in [0.1, 0.15) is 5.82 Å². The van der Waals surface area contributed by atoms with Crippen LogP contribution in [0.25, 0.3) is 40.2 Å². The molecule has 0 amide bonds. The monoisotopic (exact) mass is 406 g/mol. The van der Waals surface area contributed by atoms with E-state index < -0.39 is 0 Å². The van der Waals surface area contributed by atoms with Crippen LogP contribution in [0.15, 0.2) is 67.3 Å². The third-order valence-corrected chi connectivity index (χ3v) is 5.35. The van der Waals surface area contributed by atoms with Gasteiger partial charge in [-0.1, -0.05) is 36.4 Å². The van der Waals surface area contributed by atoms with Crippen molar-refractivity contribution in [3.63, 3.8) is 0 Å². The third kappa shape index (κ3) is 3.32. The van der Waals surface area contributed by atoms with E-state index in [0.717, 1.165) is 45.1 Å². The Bertz CT molecular complexity index is 1440. The maximum Gasteiger partial charge on any atom is 0.198 e. The van der Waals surface area contributed by atoms with Crippen molar-refractivity contribution in [2.45, 2.75) is 20.4 Å². The Hall–Kier alpha value is -4.06. The molecule has 0 saturated heterocycles. The molecule has 3 heterocycles. The van der Waals surface area contributed by atoms with E-state index in [2.05, 4.69) is 31.7 Å². The average Bonchev–Trinajstić information content (AvgIpc) is 3.27. The summed E-state index contributed by atoms with van der Waals surface area (Å²) in [5.41, 5.74) is 7.24. The largest absolute Gasteiger partial charge is 0.304 e. The van der Waals surface area contributed by atoms with Crippen LogP contribution >= 0.6 is 0 Å². The Morgan fingerprint density at radius 2 is 1.58 bits per heavy atom. The van der Waals surface area contributed by atoms with Crippen LogP contribution in [0.1, 0.15) is 22.8 Å². The van der Waals surface area contributed by atoms with Gasteiger partial charge < -0.3 is 4.57 Å². The molecule has 31 heavy (non-hydrogen) atoms. The molecule has 2 aromatic carbocycles. The zero-order valence-corrected chi connectivity index (χ0v) is 17.5. The summed E-state index contributed by atoms with van der Waals surface area (Å²) in [5.74, 6) is 0.788. The van der Waals surface area contributed by atoms with E-state index in [-0.39, 0.29) is 0 Å². The van der Waals surface area contributed by atoms with Gasteiger partial charge in [0, 0.05) is 17.8 Å². The van der Waals surface area contributed by atoms with Crippen LogP contribution in [0.2, 0.25) is 0 Å². The minimum absolute atomic E-state index is 0.602. The maximum absolute atomic E-state index is 4.79. The van der Waals surface area contributed by atoms with Crippen molar-refractivity contribution in [2.24, 2.45) is 0 Å². The van der Waals surface area contributed by atoms with Crippen LogP contribution in [0.3, 0.4) is 0 Å². The zero-order chi connectivity index (χ0) is 21.4. The third-order valence-electron chi connectivity index (χ3n) is 5.35. The van der Waals surface area contributed by atoms with Crippen molar-refractivity contribution in [3.05, 3.63) is 90.0 Å². The molecule has 152 valence electrons. The van der Waals surface area contributed by atoms with Gasteiger partial charge in [-0.3, -0.25) is 0 Å². The molecular weight excluding hydrogens is 384 g/mol. The topological polar surface area (TPSA) is 61.4 Å². The average molecular weight is 406 g/mol. The lowest BCUT2D eigenvalue weighted by atomic mass is 10.2. The second-order valence-corrected chi connectivity index (χ2v) is 7.39. The Morgan fingerprint density at radius 3 is 2.32 bits per heavy atom. The van der Waals surface area contributed by atoms with Crippen LogP contribution in [0, 0.1) is 13.8 Å². The van der Waals surface area contributed by atoms with Crippen LogP contribution < -0.4 is 0 Å². The van der Waals surface area contributed by atoms with Crippen LogP contribution in [-0.2, 0) is 6.54 Å². The molecule has 6 heteroatoms. The molecule has 0 unspecified atom stereocenters. The summed E-state index contributed by atoms with van der Waals surface area (Å²) >= 11 is 0. The fraction of sp³-hybridized carbons (Fsp3) is 0.120. The van der Waals surface area contributed by atoms with Crippen molar-refractivity contribution in [1.82, 2.24) is 29.3 Å². The number of rotatable bonds is 5. The lowest BCUT2D eigenvalue weighted by molar-refractivity contribution is 0.829. The van der Waals surface area contributed by atoms with E-state index in [1.807, 2.05) is 70.8 Å². The van der Waals surface area contributed by atoms with Crippen molar-refractivity contribution < 1.29 is 0 Å². The smallest absolute Gasteiger partial charge is 0.198 e. The Balaban J connectivity index is 1.60. The van der Waals surface area contributed by atoms with Gasteiger partial charge in [0.05, 0.1) is 22.4 Å². The summed E-state index contributed by atoms with van der Waals surface area (Å²) in [6.45, 7) is 8.60. The lowest BCUT2D eigenvalue weighted by Gasteiger charge is -2.04. The first-order valence-electron chi connectivity index (χ1n) is 10.2. The first-order valence-corrected chi connectivity index (χ1v) is 10.2. The van der Waals surface area contributed by atoms with E-state index in [1.165, 1.54) is 0 Å². The number of aromatic nitrogens is 6. The summed E-state index contributed by atoms with van der Waals surface area (Å²) in [7, 11) is 0. The minimum Gasteiger partial charge on any atom is -0.304 e. The minimum atomic E-state index is 0.602. The molecular formula is C25H22N6. The van der Waals surface area contributed by atoms with Crippen molar-refractivity contribution in [2.75, 3.05) is 0 Å². The highest BCUT2D eigenvalue weighted by Crippen LogP contribution is 2.22. The van der Waals surface area contributed by atoms with Gasteiger partial charge in [-0.15, -0.1) is 6.58 Å². The summed E-state index contributed by atoms with van der Waals surface area (Å²) in [5, 5.41) is 4.73. The number of hydrogen-bond donors (Lipinski definition) is 0. The van der Waals surface area contributed by atoms with Crippen molar-refractivity contribution in [1.29, 1.82) is 0 Å². The standard InChI is InChI=1S/C25H22N6/c1-4-16-30-23(28-24-25(30)27-22-13-9-8-12-21(22)26-24)15-14-20-17(2)29-31(18(20)3)19-10-6-5-7-11-19/h4-15H,1,16H2,2-3H3/b15-14+. The predicted molar refractivity (Wildman–Crippen MR) is 125 cm³/mol. The van der Waals surface area contributed by atoms with Crippen molar-refractivity contribution >= 4 is 34.5 Å². The number of imidazole rings is 1. The highest BCUT2D eigenvalue weighted by molar-refractivity contribution is 5.84. The molecule has 3 aromatic heterocycles. The number of allylic oxidation sites excluding steroid dienone is 1. The van der Waals surface area contributed by atoms with Gasteiger partial charge in [-0.25, -0.2) is 19.6 Å². The van der Waals surface area contributed by atoms with Crippen LogP contribution in [0.5, 0.6) is 0 Å². The van der Waals surface area contributed by atoms with E-state index >= 15 is 0 Å². The number of nitrogens with zero attached hydrogens (tertiary/aromatic N) is 6. The normalized spacial score (nSPS) is 11.7. The molecule has 0 fully saturated rings. The fourth-order valence-corrected chi connectivity index (χ4v) is 3.83. The molecule has 0 spiro atoms. The van der Waals surface area contributed by atoms with E-state index in [1.54, 1.807) is 0 Å². The first kappa shape index (κ1) is 18.9. The number of hydrogen-bond acceptors (Lipinski definition) is 4. The Kier molecular flexibility index (Phi) is 4.67. The molecule has 0 atom stereocenters. The van der Waals surface area contributed by atoms with Gasteiger partial charge in [0.15, 0.2) is 11.3 Å². The van der Waals surface area contributed by atoms with E-state index in [0.29, 0.717) is 12.2 Å². The second kappa shape index (κ2) is 7.65. The number of para-hydroxylation sites is 3. The van der Waals surface area contributed by atoms with E-state index in [4.69, 9.17) is 20.1 Å². The van der Waals surface area contributed by atoms with Crippen LogP contribution in [0.4, 0.5) is 0 Å². The molecule has 0 bridgehead atoms. The van der Waals surface area contributed by atoms with Gasteiger partial charge >= 0.3 is 0 Å².